The summed E-state index contributed by atoms with van der Waals surface area (Å²) in [4.78, 5) is 6.38. The molecule has 7 nitrogen and oxygen atoms in total. The molecule has 0 amide bonds. The molecule has 4 rings (SSSR count). The van der Waals surface area contributed by atoms with Gasteiger partial charge in [-0.05, 0) is 31.9 Å². The van der Waals surface area contributed by atoms with E-state index in [4.69, 9.17) is 0 Å². The lowest BCUT2D eigenvalue weighted by Crippen LogP contribution is -2.44. The molecule has 1 atom stereocenters. The maximum absolute atomic E-state index is 14.0. The summed E-state index contributed by atoms with van der Waals surface area (Å²) in [6, 6.07) is 4.03. The number of fused-ring (bicyclic) bond motifs is 1. The van der Waals surface area contributed by atoms with Gasteiger partial charge in [0.05, 0.1) is 0 Å². The first-order valence-corrected chi connectivity index (χ1v) is 9.80. The van der Waals surface area contributed by atoms with Crippen molar-refractivity contribution in [3.63, 3.8) is 0 Å². The van der Waals surface area contributed by atoms with Crippen molar-refractivity contribution in [1.29, 1.82) is 0 Å². The number of aliphatic imine (C=N–C) groups is 1. The number of anilines is 1. The Morgan fingerprint density at radius 2 is 2.07 bits per heavy atom. The van der Waals surface area contributed by atoms with Crippen molar-refractivity contribution in [2.45, 2.75) is 45.3 Å². The molecule has 150 valence electrons. The molecule has 2 aliphatic heterocycles. The first-order chi connectivity index (χ1) is 13.7. The van der Waals surface area contributed by atoms with Gasteiger partial charge >= 0.3 is 0 Å². The summed E-state index contributed by atoms with van der Waals surface area (Å²) in [7, 11) is 0. The van der Waals surface area contributed by atoms with Gasteiger partial charge in [-0.25, -0.2) is 13.8 Å². The zero-order valence-electron chi connectivity index (χ0n) is 16.0. The zero-order chi connectivity index (χ0) is 19.5. The third kappa shape index (κ3) is 3.79. The Morgan fingerprint density at radius 3 is 2.86 bits per heavy atom. The molecule has 1 fully saturated rings. The van der Waals surface area contributed by atoms with E-state index in [0.29, 0.717) is 25.6 Å². The van der Waals surface area contributed by atoms with E-state index in [2.05, 4.69) is 30.4 Å². The van der Waals surface area contributed by atoms with Crippen LogP contribution in [-0.2, 0) is 19.5 Å². The number of nitrogens with zero attached hydrogens (tertiary/aromatic N) is 5. The number of aromatic nitrogens is 3. The number of aryl methyl sites for hydroxylation is 1. The first kappa shape index (κ1) is 18.6. The van der Waals surface area contributed by atoms with Gasteiger partial charge in [0.2, 0.25) is 0 Å². The van der Waals surface area contributed by atoms with E-state index in [1.807, 2.05) is 6.92 Å². The lowest BCUT2D eigenvalue weighted by atomic mass is 10.2. The smallest absolute Gasteiger partial charge is 0.191 e. The van der Waals surface area contributed by atoms with Crippen LogP contribution in [0.1, 0.15) is 31.4 Å². The van der Waals surface area contributed by atoms with Crippen LogP contribution < -0.4 is 15.5 Å². The third-order valence-electron chi connectivity index (χ3n) is 5.19. The van der Waals surface area contributed by atoms with Crippen molar-refractivity contribution in [1.82, 2.24) is 25.4 Å². The predicted molar refractivity (Wildman–Crippen MR) is 103 cm³/mol. The molecule has 3 heterocycles. The molecule has 2 aromatic rings. The molecule has 0 bridgehead atoms. The van der Waals surface area contributed by atoms with Crippen LogP contribution >= 0.6 is 0 Å². The lowest BCUT2D eigenvalue weighted by molar-refractivity contribution is 0.576. The highest BCUT2D eigenvalue weighted by atomic mass is 19.1. The summed E-state index contributed by atoms with van der Waals surface area (Å²) in [5.41, 5.74) is 0.0489. The molecule has 0 spiro atoms. The second kappa shape index (κ2) is 8.12. The number of para-hydroxylation sites is 1. The van der Waals surface area contributed by atoms with Crippen molar-refractivity contribution >= 4 is 11.6 Å². The van der Waals surface area contributed by atoms with E-state index in [0.717, 1.165) is 44.0 Å². The highest BCUT2D eigenvalue weighted by molar-refractivity contribution is 5.80. The molecule has 9 heteroatoms. The Hall–Kier alpha value is -2.71. The molecular formula is C19H25F2N7. The number of benzene rings is 1. The number of nitrogens with one attached hydrogen (secondary N) is 2. The Labute approximate surface area is 162 Å². The predicted octanol–water partition coefficient (Wildman–Crippen LogP) is 1.84. The second-order valence-electron chi connectivity index (χ2n) is 7.13. The number of hydrogen-bond donors (Lipinski definition) is 2. The average molecular weight is 389 g/mol. The molecule has 0 saturated carbocycles. The fourth-order valence-corrected chi connectivity index (χ4v) is 3.86. The largest absolute Gasteiger partial charge is 0.365 e. The molecule has 28 heavy (non-hydrogen) atoms. The van der Waals surface area contributed by atoms with Crippen LogP contribution in [0, 0.1) is 11.6 Å². The fourth-order valence-electron chi connectivity index (χ4n) is 3.86. The summed E-state index contributed by atoms with van der Waals surface area (Å²) in [6.45, 7) is 5.22. The van der Waals surface area contributed by atoms with Gasteiger partial charge < -0.3 is 20.1 Å². The second-order valence-corrected chi connectivity index (χ2v) is 7.13. The third-order valence-corrected chi connectivity index (χ3v) is 5.19. The van der Waals surface area contributed by atoms with E-state index in [-0.39, 0.29) is 11.7 Å². The van der Waals surface area contributed by atoms with E-state index in [1.54, 1.807) is 4.90 Å². The minimum Gasteiger partial charge on any atom is -0.365 e. The minimum absolute atomic E-state index is 0.0489. The van der Waals surface area contributed by atoms with Gasteiger partial charge in [0, 0.05) is 38.6 Å². The molecule has 1 aromatic carbocycles. The molecule has 1 aromatic heterocycles. The molecule has 1 unspecified atom stereocenters. The van der Waals surface area contributed by atoms with Gasteiger partial charge in [0.15, 0.2) is 11.8 Å². The minimum atomic E-state index is -0.526. The monoisotopic (exact) mass is 389 g/mol. The van der Waals surface area contributed by atoms with Gasteiger partial charge in [-0.3, -0.25) is 0 Å². The molecule has 0 radical (unpaired) electrons. The molecular weight excluding hydrogens is 364 g/mol. The van der Waals surface area contributed by atoms with Crippen LogP contribution in [-0.4, -0.2) is 46.4 Å². The van der Waals surface area contributed by atoms with Gasteiger partial charge in [0.25, 0.3) is 0 Å². The number of guanidine groups is 1. The van der Waals surface area contributed by atoms with E-state index >= 15 is 0 Å². The van der Waals surface area contributed by atoms with E-state index in [9.17, 15) is 8.78 Å². The highest BCUT2D eigenvalue weighted by Crippen LogP contribution is 2.26. The SMILES string of the molecule is CCNC(=NCc1nnc2n1CCC2)NC1CCN(c2c(F)cccc2F)C1. The van der Waals surface area contributed by atoms with Crippen LogP contribution in [0.15, 0.2) is 23.2 Å². The van der Waals surface area contributed by atoms with Crippen molar-refractivity contribution in [3.05, 3.63) is 41.5 Å². The summed E-state index contributed by atoms with van der Waals surface area (Å²) < 4.78 is 30.2. The molecule has 2 N–H and O–H groups in total. The van der Waals surface area contributed by atoms with Gasteiger partial charge in [-0.15, -0.1) is 10.2 Å². The summed E-state index contributed by atoms with van der Waals surface area (Å²) >= 11 is 0. The van der Waals surface area contributed by atoms with Gasteiger partial charge in [-0.2, -0.15) is 0 Å². The van der Waals surface area contributed by atoms with Crippen molar-refractivity contribution < 1.29 is 8.78 Å². The van der Waals surface area contributed by atoms with Crippen LogP contribution in [0.25, 0.3) is 0 Å². The Kier molecular flexibility index (Phi) is 5.40. The van der Waals surface area contributed by atoms with Crippen LogP contribution in [0.3, 0.4) is 0 Å². The molecule has 1 saturated heterocycles. The molecule has 2 aliphatic rings. The zero-order valence-corrected chi connectivity index (χ0v) is 16.0. The van der Waals surface area contributed by atoms with Gasteiger partial charge in [-0.1, -0.05) is 6.07 Å². The van der Waals surface area contributed by atoms with Crippen LogP contribution in [0.4, 0.5) is 14.5 Å². The lowest BCUT2D eigenvalue weighted by Gasteiger charge is -2.21. The standard InChI is InChI=1S/C19H25F2N7/c1-2-22-19(23-11-17-26-25-16-7-4-9-28(16)17)24-13-8-10-27(12-13)18-14(20)5-3-6-15(18)21/h3,5-6,13H,2,4,7-12H2,1H3,(H2,22,23,24). The van der Waals surface area contributed by atoms with Crippen LogP contribution in [0.2, 0.25) is 0 Å². The maximum atomic E-state index is 14.0. The van der Waals surface area contributed by atoms with Crippen molar-refractivity contribution in [2.75, 3.05) is 24.5 Å². The highest BCUT2D eigenvalue weighted by Gasteiger charge is 2.27. The quantitative estimate of drug-likeness (QED) is 0.603. The normalized spacial score (nSPS) is 19.2. The Balaban J connectivity index is 1.41. The summed E-state index contributed by atoms with van der Waals surface area (Å²) in [6.07, 6.45) is 2.85. The summed E-state index contributed by atoms with van der Waals surface area (Å²) in [5.74, 6) is 1.52. The molecule has 0 aliphatic carbocycles. The number of halogens is 2. The number of hydrogen-bond acceptors (Lipinski definition) is 4. The topological polar surface area (TPSA) is 70.4 Å². The maximum Gasteiger partial charge on any atom is 0.191 e. The number of rotatable bonds is 5. The van der Waals surface area contributed by atoms with Crippen molar-refractivity contribution in [2.24, 2.45) is 4.99 Å². The van der Waals surface area contributed by atoms with Crippen LogP contribution in [0.5, 0.6) is 0 Å². The Bertz CT molecular complexity index is 844. The fraction of sp³-hybridized carbons (Fsp3) is 0.526. The first-order valence-electron chi connectivity index (χ1n) is 9.80. The Morgan fingerprint density at radius 1 is 1.25 bits per heavy atom. The summed E-state index contributed by atoms with van der Waals surface area (Å²) in [5, 5.41) is 15.1. The van der Waals surface area contributed by atoms with E-state index < -0.39 is 11.6 Å². The van der Waals surface area contributed by atoms with E-state index in [1.165, 1.54) is 18.2 Å². The van der Waals surface area contributed by atoms with Gasteiger partial charge in [0.1, 0.15) is 29.7 Å². The van der Waals surface area contributed by atoms with Crippen molar-refractivity contribution in [3.8, 4) is 0 Å². The average Bonchev–Trinajstić information content (AvgIpc) is 3.38.